The van der Waals surface area contributed by atoms with E-state index in [1.54, 1.807) is 0 Å². The lowest BCUT2D eigenvalue weighted by Gasteiger charge is -2.37. The SMILES string of the molecule is CC1CC2CNNC2C(S(=O)(=O)N(C)CC(=O)NC2=NC(c3ccccc3)=CC2)C1. The van der Waals surface area contributed by atoms with Crippen LogP contribution in [-0.4, -0.2) is 55.9 Å². The van der Waals surface area contributed by atoms with E-state index in [9.17, 15) is 13.2 Å². The lowest BCUT2D eigenvalue weighted by atomic mass is 9.79. The molecule has 3 N–H and O–H groups in total. The highest BCUT2D eigenvalue weighted by Crippen LogP contribution is 2.35. The maximum Gasteiger partial charge on any atom is 0.240 e. The van der Waals surface area contributed by atoms with Crippen LogP contribution >= 0.6 is 0 Å². The van der Waals surface area contributed by atoms with E-state index in [-0.39, 0.29) is 18.5 Å². The predicted octanol–water partition coefficient (Wildman–Crippen LogP) is 1.10. The number of hydrazine groups is 1. The number of fused-ring (bicyclic) bond motifs is 1. The highest BCUT2D eigenvalue weighted by Gasteiger charge is 2.46. The lowest BCUT2D eigenvalue weighted by molar-refractivity contribution is -0.119. The van der Waals surface area contributed by atoms with Crippen molar-refractivity contribution >= 4 is 27.5 Å². The molecule has 9 heteroatoms. The van der Waals surface area contributed by atoms with Crippen LogP contribution in [0.5, 0.6) is 0 Å². The Balaban J connectivity index is 1.37. The van der Waals surface area contributed by atoms with Gasteiger partial charge in [0.25, 0.3) is 0 Å². The smallest absolute Gasteiger partial charge is 0.240 e. The van der Waals surface area contributed by atoms with E-state index in [1.165, 1.54) is 11.4 Å². The van der Waals surface area contributed by atoms with E-state index < -0.39 is 15.3 Å². The molecule has 2 fully saturated rings. The minimum Gasteiger partial charge on any atom is -0.313 e. The number of likely N-dealkylation sites (N-methyl/N-ethyl adjacent to an activating group) is 1. The summed E-state index contributed by atoms with van der Waals surface area (Å²) in [6.45, 7) is 2.65. The summed E-state index contributed by atoms with van der Waals surface area (Å²) in [7, 11) is -2.13. The number of amides is 1. The minimum absolute atomic E-state index is 0.117. The Morgan fingerprint density at radius 1 is 1.27 bits per heavy atom. The number of hydrogen-bond donors (Lipinski definition) is 3. The molecule has 1 amide bonds. The van der Waals surface area contributed by atoms with Gasteiger partial charge >= 0.3 is 0 Å². The Morgan fingerprint density at radius 3 is 2.80 bits per heavy atom. The van der Waals surface area contributed by atoms with Crippen LogP contribution in [0.4, 0.5) is 0 Å². The van der Waals surface area contributed by atoms with Gasteiger partial charge in [-0.1, -0.05) is 43.3 Å². The Bertz CT molecular complexity index is 960. The molecule has 162 valence electrons. The summed E-state index contributed by atoms with van der Waals surface area (Å²) in [4.78, 5) is 17.0. The second kappa shape index (κ2) is 8.58. The zero-order valence-electron chi connectivity index (χ0n) is 17.3. The molecule has 1 aromatic rings. The van der Waals surface area contributed by atoms with Crippen molar-refractivity contribution in [3.05, 3.63) is 42.0 Å². The minimum atomic E-state index is -3.61. The van der Waals surface area contributed by atoms with Crippen molar-refractivity contribution in [2.75, 3.05) is 20.1 Å². The molecular weight excluding hydrogens is 402 g/mol. The van der Waals surface area contributed by atoms with Gasteiger partial charge in [0.1, 0.15) is 5.84 Å². The van der Waals surface area contributed by atoms with Gasteiger partial charge in [-0.25, -0.2) is 13.4 Å². The molecule has 0 bridgehead atoms. The summed E-state index contributed by atoms with van der Waals surface area (Å²) in [5.74, 6) is 0.800. The number of nitrogens with zero attached hydrogens (tertiary/aromatic N) is 2. The van der Waals surface area contributed by atoms with Crippen LogP contribution in [0, 0.1) is 11.8 Å². The Hall–Kier alpha value is -2.07. The fraction of sp³-hybridized carbons (Fsp3) is 0.524. The molecule has 2 aliphatic heterocycles. The average molecular weight is 432 g/mol. The maximum absolute atomic E-state index is 13.2. The van der Waals surface area contributed by atoms with E-state index in [4.69, 9.17) is 0 Å². The van der Waals surface area contributed by atoms with Crippen LogP contribution in [0.1, 0.15) is 31.7 Å². The normalized spacial score (nSPS) is 28.8. The highest BCUT2D eigenvalue weighted by molar-refractivity contribution is 7.89. The van der Waals surface area contributed by atoms with Crippen molar-refractivity contribution in [1.82, 2.24) is 20.5 Å². The number of nitrogens with one attached hydrogen (secondary N) is 3. The summed E-state index contributed by atoms with van der Waals surface area (Å²) < 4.78 is 27.6. The van der Waals surface area contributed by atoms with Crippen LogP contribution in [-0.2, 0) is 14.8 Å². The van der Waals surface area contributed by atoms with Gasteiger partial charge in [-0.3, -0.25) is 15.6 Å². The summed E-state index contributed by atoms with van der Waals surface area (Å²) in [5.41, 5.74) is 8.04. The van der Waals surface area contributed by atoms with E-state index in [0.29, 0.717) is 30.5 Å². The maximum atomic E-state index is 13.2. The second-order valence-corrected chi connectivity index (χ2v) is 10.8. The molecule has 30 heavy (non-hydrogen) atoms. The molecule has 2 heterocycles. The summed E-state index contributed by atoms with van der Waals surface area (Å²) in [5, 5.41) is 2.23. The molecule has 1 saturated carbocycles. The highest BCUT2D eigenvalue weighted by atomic mass is 32.2. The van der Waals surface area contributed by atoms with Gasteiger partial charge in [0.05, 0.1) is 17.5 Å². The van der Waals surface area contributed by atoms with Crippen LogP contribution in [0.3, 0.4) is 0 Å². The quantitative estimate of drug-likeness (QED) is 0.648. The largest absolute Gasteiger partial charge is 0.313 e. The molecule has 4 atom stereocenters. The van der Waals surface area contributed by atoms with Gasteiger partial charge in [0.2, 0.25) is 15.9 Å². The first-order valence-electron chi connectivity index (χ1n) is 10.4. The molecule has 4 unspecified atom stereocenters. The first-order valence-corrected chi connectivity index (χ1v) is 11.9. The fourth-order valence-electron chi connectivity index (χ4n) is 4.67. The average Bonchev–Trinajstić information content (AvgIpc) is 3.37. The van der Waals surface area contributed by atoms with Crippen molar-refractivity contribution in [2.24, 2.45) is 16.8 Å². The number of carbonyl (C=O) groups is 1. The zero-order chi connectivity index (χ0) is 21.3. The first kappa shape index (κ1) is 21.2. The Morgan fingerprint density at radius 2 is 2.03 bits per heavy atom. The topological polar surface area (TPSA) is 103 Å². The second-order valence-electron chi connectivity index (χ2n) is 8.49. The number of hydrogen-bond acceptors (Lipinski definition) is 6. The summed E-state index contributed by atoms with van der Waals surface area (Å²) in [6.07, 6.45) is 4.08. The number of sulfonamides is 1. The van der Waals surface area contributed by atoms with Crippen molar-refractivity contribution in [3.63, 3.8) is 0 Å². The monoisotopic (exact) mass is 431 g/mol. The molecule has 1 aromatic carbocycles. The standard InChI is InChI=1S/C21H29N5O3S/c1-14-10-16-12-22-25-21(16)18(11-14)30(28,29)26(2)13-20(27)24-19-9-8-17(23-19)15-6-4-3-5-7-15/h3-8,14,16,18,21-22,25H,9-13H2,1-2H3,(H,23,24,27). The number of benzene rings is 1. The fourth-order valence-corrected chi connectivity index (χ4v) is 6.66. The molecule has 0 aromatic heterocycles. The summed E-state index contributed by atoms with van der Waals surface area (Å²) in [6, 6.07) is 9.62. The Labute approximate surface area is 177 Å². The zero-order valence-corrected chi connectivity index (χ0v) is 18.2. The van der Waals surface area contributed by atoms with Crippen LogP contribution in [0.15, 0.2) is 41.4 Å². The van der Waals surface area contributed by atoms with Crippen molar-refractivity contribution < 1.29 is 13.2 Å². The molecule has 0 spiro atoms. The number of amidine groups is 1. The van der Waals surface area contributed by atoms with Gasteiger partial charge < -0.3 is 5.32 Å². The van der Waals surface area contributed by atoms with Crippen molar-refractivity contribution in [3.8, 4) is 0 Å². The third kappa shape index (κ3) is 4.34. The van der Waals surface area contributed by atoms with Crippen molar-refractivity contribution in [1.29, 1.82) is 0 Å². The number of rotatable bonds is 5. The van der Waals surface area contributed by atoms with Gasteiger partial charge in [-0.2, -0.15) is 4.31 Å². The van der Waals surface area contributed by atoms with Crippen LogP contribution in [0.2, 0.25) is 0 Å². The first-order chi connectivity index (χ1) is 14.3. The van der Waals surface area contributed by atoms with E-state index in [0.717, 1.165) is 24.2 Å². The van der Waals surface area contributed by atoms with Gasteiger partial charge in [-0.15, -0.1) is 0 Å². The molecule has 0 radical (unpaired) electrons. The molecule has 1 aliphatic carbocycles. The van der Waals surface area contributed by atoms with Gasteiger partial charge in [-0.05, 0) is 30.2 Å². The molecular formula is C21H29N5O3S. The van der Waals surface area contributed by atoms with E-state index in [2.05, 4.69) is 28.1 Å². The summed E-state index contributed by atoms with van der Waals surface area (Å²) >= 11 is 0. The molecule has 8 nitrogen and oxygen atoms in total. The van der Waals surface area contributed by atoms with Crippen molar-refractivity contribution in [2.45, 2.75) is 37.5 Å². The molecule has 1 saturated heterocycles. The predicted molar refractivity (Wildman–Crippen MR) is 117 cm³/mol. The third-order valence-electron chi connectivity index (χ3n) is 6.16. The molecule has 3 aliphatic rings. The number of carbonyl (C=O) groups excluding carboxylic acids is 1. The lowest BCUT2D eigenvalue weighted by Crippen LogP contribution is -2.54. The molecule has 4 rings (SSSR count). The van der Waals surface area contributed by atoms with E-state index in [1.807, 2.05) is 36.4 Å². The third-order valence-corrected chi connectivity index (χ3v) is 8.41. The van der Waals surface area contributed by atoms with E-state index >= 15 is 0 Å². The van der Waals surface area contributed by atoms with Gasteiger partial charge in [0.15, 0.2) is 0 Å². The Kier molecular flexibility index (Phi) is 6.06. The van der Waals surface area contributed by atoms with Crippen LogP contribution in [0.25, 0.3) is 5.70 Å². The number of aliphatic imine (C=N–C) groups is 1. The van der Waals surface area contributed by atoms with Crippen LogP contribution < -0.4 is 16.2 Å². The van der Waals surface area contributed by atoms with Gasteiger partial charge in [0, 0.05) is 26.1 Å².